The SMILES string of the molecule is C=C(C)C(=O)OC1C2CC3CC24C(CC14)C(=O)O3. The predicted molar refractivity (Wildman–Crippen MR) is 61.3 cm³/mol. The van der Waals surface area contributed by atoms with Crippen LogP contribution in [0.15, 0.2) is 12.2 Å². The molecule has 4 heteroatoms. The second kappa shape index (κ2) is 2.98. The summed E-state index contributed by atoms with van der Waals surface area (Å²) in [6.45, 7) is 5.28. The Labute approximate surface area is 105 Å². The van der Waals surface area contributed by atoms with Crippen LogP contribution in [0.2, 0.25) is 0 Å². The highest BCUT2D eigenvalue weighted by atomic mass is 16.6. The number of hydrogen-bond acceptors (Lipinski definition) is 4. The van der Waals surface area contributed by atoms with Crippen molar-refractivity contribution in [3.8, 4) is 0 Å². The summed E-state index contributed by atoms with van der Waals surface area (Å²) in [7, 11) is 0. The maximum Gasteiger partial charge on any atom is 0.333 e. The van der Waals surface area contributed by atoms with E-state index in [1.165, 1.54) is 0 Å². The molecule has 6 unspecified atom stereocenters. The van der Waals surface area contributed by atoms with Crippen LogP contribution < -0.4 is 0 Å². The molecule has 0 aromatic heterocycles. The second-order valence-electron chi connectivity index (χ2n) is 6.26. The van der Waals surface area contributed by atoms with Gasteiger partial charge in [0.1, 0.15) is 12.2 Å². The van der Waals surface area contributed by atoms with Gasteiger partial charge in [-0.05, 0) is 31.6 Å². The number of hydrogen-bond donors (Lipinski definition) is 0. The van der Waals surface area contributed by atoms with Crippen molar-refractivity contribution in [1.82, 2.24) is 0 Å². The van der Waals surface area contributed by atoms with Gasteiger partial charge in [-0.2, -0.15) is 0 Å². The van der Waals surface area contributed by atoms with E-state index < -0.39 is 0 Å². The first-order valence-electron chi connectivity index (χ1n) is 6.61. The molecular weight excluding hydrogens is 232 g/mol. The fourth-order valence-electron chi connectivity index (χ4n) is 4.83. The van der Waals surface area contributed by atoms with Crippen LogP contribution in [0.5, 0.6) is 0 Å². The number of rotatable bonds is 2. The smallest absolute Gasteiger partial charge is 0.333 e. The summed E-state index contributed by atoms with van der Waals surface area (Å²) in [6, 6.07) is 0. The molecule has 3 aliphatic carbocycles. The average molecular weight is 248 g/mol. The van der Waals surface area contributed by atoms with Crippen molar-refractivity contribution in [2.75, 3.05) is 0 Å². The zero-order valence-electron chi connectivity index (χ0n) is 10.3. The lowest BCUT2D eigenvalue weighted by Crippen LogP contribution is -2.72. The molecule has 6 atom stereocenters. The van der Waals surface area contributed by atoms with E-state index in [1.54, 1.807) is 6.92 Å². The molecular formula is C14H16O4. The lowest BCUT2D eigenvalue weighted by atomic mass is 9.37. The molecule has 1 heterocycles. The summed E-state index contributed by atoms with van der Waals surface area (Å²) in [5.74, 6) is 0.474. The van der Waals surface area contributed by atoms with Crippen molar-refractivity contribution in [3.63, 3.8) is 0 Å². The molecule has 96 valence electrons. The highest BCUT2D eigenvalue weighted by Crippen LogP contribution is 2.77. The van der Waals surface area contributed by atoms with Crippen LogP contribution in [-0.4, -0.2) is 24.1 Å². The third-order valence-corrected chi connectivity index (χ3v) is 5.57. The van der Waals surface area contributed by atoms with E-state index in [-0.39, 0.29) is 35.5 Å². The maximum atomic E-state index is 11.8. The minimum Gasteiger partial charge on any atom is -0.462 e. The molecule has 0 amide bonds. The molecule has 2 bridgehead atoms. The first kappa shape index (κ1) is 10.6. The summed E-state index contributed by atoms with van der Waals surface area (Å²) in [5.41, 5.74) is 0.570. The topological polar surface area (TPSA) is 52.6 Å². The molecule has 4 aliphatic rings. The van der Waals surface area contributed by atoms with Crippen molar-refractivity contribution in [1.29, 1.82) is 0 Å². The lowest BCUT2D eigenvalue weighted by Gasteiger charge is -2.68. The van der Waals surface area contributed by atoms with Gasteiger partial charge in [-0.15, -0.1) is 0 Å². The van der Waals surface area contributed by atoms with E-state index in [4.69, 9.17) is 9.47 Å². The van der Waals surface area contributed by atoms with E-state index in [0.29, 0.717) is 17.4 Å². The Morgan fingerprint density at radius 1 is 1.44 bits per heavy atom. The van der Waals surface area contributed by atoms with Crippen LogP contribution in [0.4, 0.5) is 0 Å². The van der Waals surface area contributed by atoms with Crippen LogP contribution >= 0.6 is 0 Å². The number of fused-ring (bicyclic) bond motifs is 1. The summed E-state index contributed by atoms with van der Waals surface area (Å²) >= 11 is 0. The largest absolute Gasteiger partial charge is 0.462 e. The number of esters is 2. The molecule has 18 heavy (non-hydrogen) atoms. The van der Waals surface area contributed by atoms with Crippen molar-refractivity contribution < 1.29 is 19.1 Å². The zero-order chi connectivity index (χ0) is 12.7. The number of carbonyl (C=O) groups excluding carboxylic acids is 2. The third-order valence-electron chi connectivity index (χ3n) is 5.57. The van der Waals surface area contributed by atoms with Gasteiger partial charge in [-0.1, -0.05) is 6.58 Å². The highest BCUT2D eigenvalue weighted by Gasteiger charge is 2.80. The number of ether oxygens (including phenoxy) is 2. The fourth-order valence-corrected chi connectivity index (χ4v) is 4.83. The minimum atomic E-state index is -0.299. The molecule has 1 saturated heterocycles. The first-order chi connectivity index (χ1) is 8.54. The Kier molecular flexibility index (Phi) is 1.75. The molecule has 4 rings (SSSR count). The quantitative estimate of drug-likeness (QED) is 0.548. The average Bonchev–Trinajstić information content (AvgIpc) is 2.64. The summed E-state index contributed by atoms with van der Waals surface area (Å²) < 4.78 is 11.0. The Morgan fingerprint density at radius 3 is 2.89 bits per heavy atom. The van der Waals surface area contributed by atoms with Crippen molar-refractivity contribution >= 4 is 11.9 Å². The monoisotopic (exact) mass is 248 g/mol. The number of carbonyl (C=O) groups is 2. The highest BCUT2D eigenvalue weighted by molar-refractivity contribution is 5.87. The maximum absolute atomic E-state index is 11.8. The molecule has 0 aromatic carbocycles. The van der Waals surface area contributed by atoms with E-state index in [9.17, 15) is 9.59 Å². The molecule has 1 aliphatic heterocycles. The van der Waals surface area contributed by atoms with Crippen LogP contribution in [0.25, 0.3) is 0 Å². The predicted octanol–water partition coefficient (Wildman–Crippen LogP) is 1.45. The van der Waals surface area contributed by atoms with Gasteiger partial charge in [0, 0.05) is 17.4 Å². The van der Waals surface area contributed by atoms with Gasteiger partial charge in [0.05, 0.1) is 5.92 Å². The molecule has 1 spiro atoms. The van der Waals surface area contributed by atoms with E-state index >= 15 is 0 Å². The summed E-state index contributed by atoms with van der Waals surface area (Å²) in [5, 5.41) is 0. The molecule has 0 N–H and O–H groups in total. The van der Waals surface area contributed by atoms with Gasteiger partial charge in [-0.25, -0.2) is 4.79 Å². The Morgan fingerprint density at radius 2 is 2.17 bits per heavy atom. The Balaban J connectivity index is 1.58. The van der Waals surface area contributed by atoms with E-state index in [0.717, 1.165) is 19.3 Å². The molecule has 4 nitrogen and oxygen atoms in total. The fraction of sp³-hybridized carbons (Fsp3) is 0.714. The second-order valence-corrected chi connectivity index (χ2v) is 6.26. The van der Waals surface area contributed by atoms with Crippen LogP contribution in [-0.2, 0) is 19.1 Å². The van der Waals surface area contributed by atoms with Crippen LogP contribution in [0.1, 0.15) is 26.2 Å². The summed E-state index contributed by atoms with van der Waals surface area (Å²) in [4.78, 5) is 23.4. The zero-order valence-corrected chi connectivity index (χ0v) is 10.3. The van der Waals surface area contributed by atoms with Crippen molar-refractivity contribution in [2.45, 2.75) is 38.4 Å². The first-order valence-corrected chi connectivity index (χ1v) is 6.61. The Bertz CT molecular complexity index is 482. The van der Waals surface area contributed by atoms with Crippen LogP contribution in [0.3, 0.4) is 0 Å². The van der Waals surface area contributed by atoms with Gasteiger partial charge in [0.2, 0.25) is 0 Å². The van der Waals surface area contributed by atoms with E-state index in [2.05, 4.69) is 6.58 Å². The molecule has 4 fully saturated rings. The molecule has 3 saturated carbocycles. The van der Waals surface area contributed by atoms with Gasteiger partial charge in [0.25, 0.3) is 0 Å². The van der Waals surface area contributed by atoms with Gasteiger partial charge >= 0.3 is 11.9 Å². The summed E-state index contributed by atoms with van der Waals surface area (Å²) in [6.07, 6.45) is 2.74. The molecule has 0 radical (unpaired) electrons. The van der Waals surface area contributed by atoms with Gasteiger partial charge in [-0.3, -0.25) is 4.79 Å². The Hall–Kier alpha value is -1.32. The van der Waals surface area contributed by atoms with Crippen molar-refractivity contribution in [2.24, 2.45) is 23.2 Å². The standard InChI is InChI=1S/C14H16O4/c1-6(2)12(15)18-11-8-3-7-5-14(8)9(11)4-10(14)13(16)17-7/h7-11H,1,3-5H2,2H3. The normalized spacial score (nSPS) is 50.5. The minimum absolute atomic E-state index is 0.00931. The van der Waals surface area contributed by atoms with Crippen LogP contribution in [0, 0.1) is 23.2 Å². The van der Waals surface area contributed by atoms with Gasteiger partial charge < -0.3 is 9.47 Å². The van der Waals surface area contributed by atoms with Gasteiger partial charge in [0.15, 0.2) is 0 Å². The molecule has 0 aromatic rings. The lowest BCUT2D eigenvalue weighted by molar-refractivity contribution is -0.273. The third kappa shape index (κ3) is 0.953. The van der Waals surface area contributed by atoms with E-state index in [1.807, 2.05) is 0 Å². The van der Waals surface area contributed by atoms with Crippen molar-refractivity contribution in [3.05, 3.63) is 12.2 Å².